The monoisotopic (exact) mass is 143 g/mol. The lowest BCUT2D eigenvalue weighted by molar-refractivity contribution is 0.165. The minimum atomic E-state index is -0.302. The third-order valence-electron chi connectivity index (χ3n) is 2.97. The van der Waals surface area contributed by atoms with E-state index in [4.69, 9.17) is 15.6 Å². The molecule has 1 spiro atoms. The maximum absolute atomic E-state index is 8.91. The van der Waals surface area contributed by atoms with E-state index in [0.717, 1.165) is 26.1 Å². The Morgan fingerprint density at radius 3 is 2.80 bits per heavy atom. The van der Waals surface area contributed by atoms with E-state index < -0.39 is 0 Å². The smallest absolute Gasteiger partial charge is 0.0617 e. The van der Waals surface area contributed by atoms with E-state index in [-0.39, 0.29) is 17.6 Å². The molecule has 1 saturated carbocycles. The van der Waals surface area contributed by atoms with Crippen LogP contribution in [0.2, 0.25) is 0 Å². The minimum Gasteiger partial charge on any atom is -0.394 e. The highest BCUT2D eigenvalue weighted by molar-refractivity contribution is 5.20. The summed E-state index contributed by atoms with van der Waals surface area (Å²) in [5.41, 5.74) is 5.71. The normalized spacial score (nSPS) is 52.2. The van der Waals surface area contributed by atoms with E-state index >= 15 is 0 Å². The van der Waals surface area contributed by atoms with Crippen molar-refractivity contribution in [2.45, 2.75) is 18.4 Å². The van der Waals surface area contributed by atoms with Gasteiger partial charge in [0.05, 0.1) is 13.2 Å². The highest BCUT2D eigenvalue weighted by Crippen LogP contribution is 2.58. The molecule has 10 heavy (non-hydrogen) atoms. The van der Waals surface area contributed by atoms with Crippen LogP contribution in [0.25, 0.3) is 0 Å². The fourth-order valence-corrected chi connectivity index (χ4v) is 1.92. The Labute approximate surface area is 60.2 Å². The topological polar surface area (TPSA) is 55.5 Å². The van der Waals surface area contributed by atoms with Gasteiger partial charge in [0.2, 0.25) is 0 Å². The predicted molar refractivity (Wildman–Crippen MR) is 36.5 cm³/mol. The molecule has 3 N–H and O–H groups in total. The van der Waals surface area contributed by atoms with E-state index in [0.29, 0.717) is 0 Å². The number of ether oxygens (including phenoxy) is 1. The van der Waals surface area contributed by atoms with Gasteiger partial charge in [0.25, 0.3) is 0 Å². The molecule has 0 amide bonds. The van der Waals surface area contributed by atoms with Crippen molar-refractivity contribution >= 4 is 0 Å². The fraction of sp³-hybridized carbons (Fsp3) is 1.00. The molecular formula is C7H13NO2. The molecule has 1 aliphatic heterocycles. The lowest BCUT2D eigenvalue weighted by Gasteiger charge is -2.12. The molecule has 2 unspecified atom stereocenters. The van der Waals surface area contributed by atoms with E-state index in [2.05, 4.69) is 0 Å². The van der Waals surface area contributed by atoms with E-state index in [9.17, 15) is 0 Å². The van der Waals surface area contributed by atoms with E-state index in [1.54, 1.807) is 0 Å². The van der Waals surface area contributed by atoms with Gasteiger partial charge in [-0.15, -0.1) is 0 Å². The molecule has 1 saturated heterocycles. The molecule has 3 nitrogen and oxygen atoms in total. The van der Waals surface area contributed by atoms with Crippen LogP contribution in [0.5, 0.6) is 0 Å². The summed E-state index contributed by atoms with van der Waals surface area (Å²) in [6, 6.07) is 0. The molecule has 1 heterocycles. The average Bonchev–Trinajstić information content (AvgIpc) is 2.28. The van der Waals surface area contributed by atoms with Crippen LogP contribution in [0.4, 0.5) is 0 Å². The maximum Gasteiger partial charge on any atom is 0.0617 e. The summed E-state index contributed by atoms with van der Waals surface area (Å²) in [6.07, 6.45) is 1.97. The van der Waals surface area contributed by atoms with E-state index in [1.165, 1.54) is 0 Å². The van der Waals surface area contributed by atoms with Crippen LogP contribution >= 0.6 is 0 Å². The Morgan fingerprint density at radius 2 is 2.40 bits per heavy atom. The summed E-state index contributed by atoms with van der Waals surface area (Å²) in [7, 11) is 0. The number of hydrogen-bond acceptors (Lipinski definition) is 3. The van der Waals surface area contributed by atoms with Crippen molar-refractivity contribution in [1.29, 1.82) is 0 Å². The molecule has 2 aliphatic rings. The predicted octanol–water partition coefficient (Wildman–Crippen LogP) is -0.513. The SMILES string of the molecule is NC1(CO)CC12CCOC2. The number of aliphatic hydroxyl groups excluding tert-OH is 1. The Morgan fingerprint density at radius 1 is 1.60 bits per heavy atom. The van der Waals surface area contributed by atoms with Gasteiger partial charge in [-0.25, -0.2) is 0 Å². The number of rotatable bonds is 1. The Kier molecular flexibility index (Phi) is 1.14. The zero-order valence-electron chi connectivity index (χ0n) is 5.97. The molecule has 0 bridgehead atoms. The van der Waals surface area contributed by atoms with Crippen LogP contribution in [0.15, 0.2) is 0 Å². The molecule has 3 heteroatoms. The molecular weight excluding hydrogens is 130 g/mol. The van der Waals surface area contributed by atoms with Crippen molar-refractivity contribution < 1.29 is 9.84 Å². The minimum absolute atomic E-state index is 0.107. The summed E-state index contributed by atoms with van der Waals surface area (Å²) < 4.78 is 5.23. The van der Waals surface area contributed by atoms with Gasteiger partial charge in [-0.1, -0.05) is 0 Å². The summed E-state index contributed by atoms with van der Waals surface area (Å²) in [6.45, 7) is 1.68. The van der Waals surface area contributed by atoms with Gasteiger partial charge in [0.15, 0.2) is 0 Å². The standard InChI is InChI=1S/C7H13NO2/c8-7(4-9)3-6(7)1-2-10-5-6/h9H,1-5,8H2. The van der Waals surface area contributed by atoms with Gasteiger partial charge in [-0.05, 0) is 12.8 Å². The van der Waals surface area contributed by atoms with Crippen molar-refractivity contribution in [1.82, 2.24) is 0 Å². The molecule has 1 aliphatic carbocycles. The second-order valence-corrected chi connectivity index (χ2v) is 3.57. The molecule has 2 fully saturated rings. The van der Waals surface area contributed by atoms with Crippen molar-refractivity contribution in [3.8, 4) is 0 Å². The lowest BCUT2D eigenvalue weighted by Crippen LogP contribution is -2.34. The summed E-state index contributed by atoms with van der Waals surface area (Å²) >= 11 is 0. The highest BCUT2D eigenvalue weighted by Gasteiger charge is 2.66. The van der Waals surface area contributed by atoms with Gasteiger partial charge in [-0.2, -0.15) is 0 Å². The highest BCUT2D eigenvalue weighted by atomic mass is 16.5. The van der Waals surface area contributed by atoms with Crippen molar-refractivity contribution in [2.75, 3.05) is 19.8 Å². The van der Waals surface area contributed by atoms with Gasteiger partial charge in [0.1, 0.15) is 0 Å². The summed E-state index contributed by atoms with van der Waals surface area (Å²) in [5.74, 6) is 0. The third kappa shape index (κ3) is 0.603. The molecule has 0 aromatic heterocycles. The van der Waals surface area contributed by atoms with Crippen LogP contribution in [0.3, 0.4) is 0 Å². The Bertz CT molecular complexity index is 154. The zero-order valence-corrected chi connectivity index (χ0v) is 5.97. The van der Waals surface area contributed by atoms with Gasteiger partial charge >= 0.3 is 0 Å². The van der Waals surface area contributed by atoms with Crippen LogP contribution in [0.1, 0.15) is 12.8 Å². The quantitative estimate of drug-likeness (QED) is 0.519. The first-order chi connectivity index (χ1) is 4.72. The van der Waals surface area contributed by atoms with Crippen LogP contribution < -0.4 is 5.73 Å². The first kappa shape index (κ1) is 6.58. The molecule has 2 atom stereocenters. The van der Waals surface area contributed by atoms with Crippen molar-refractivity contribution in [3.05, 3.63) is 0 Å². The second-order valence-electron chi connectivity index (χ2n) is 3.57. The molecule has 0 aromatic rings. The number of aliphatic hydroxyl groups is 1. The van der Waals surface area contributed by atoms with Gasteiger partial charge < -0.3 is 15.6 Å². The molecule has 2 rings (SSSR count). The van der Waals surface area contributed by atoms with Crippen LogP contribution in [0, 0.1) is 5.41 Å². The van der Waals surface area contributed by atoms with Crippen LogP contribution in [-0.2, 0) is 4.74 Å². The van der Waals surface area contributed by atoms with Crippen molar-refractivity contribution in [3.63, 3.8) is 0 Å². The first-order valence-electron chi connectivity index (χ1n) is 3.70. The fourth-order valence-electron chi connectivity index (χ4n) is 1.92. The maximum atomic E-state index is 8.91. The third-order valence-corrected chi connectivity index (χ3v) is 2.97. The van der Waals surface area contributed by atoms with Gasteiger partial charge in [-0.3, -0.25) is 0 Å². The molecule has 0 aromatic carbocycles. The average molecular weight is 143 g/mol. The number of nitrogens with two attached hydrogens (primary N) is 1. The van der Waals surface area contributed by atoms with Gasteiger partial charge in [0, 0.05) is 17.6 Å². The zero-order chi connectivity index (χ0) is 7.24. The molecule has 0 radical (unpaired) electrons. The number of hydrogen-bond donors (Lipinski definition) is 2. The van der Waals surface area contributed by atoms with Crippen LogP contribution in [-0.4, -0.2) is 30.5 Å². The first-order valence-corrected chi connectivity index (χ1v) is 3.70. The summed E-state index contributed by atoms with van der Waals surface area (Å²) in [4.78, 5) is 0. The van der Waals surface area contributed by atoms with E-state index in [1.807, 2.05) is 0 Å². The molecule has 58 valence electrons. The largest absolute Gasteiger partial charge is 0.394 e. The summed E-state index contributed by atoms with van der Waals surface area (Å²) in [5, 5.41) is 8.91. The Balaban J connectivity index is 2.09. The van der Waals surface area contributed by atoms with Crippen molar-refractivity contribution in [2.24, 2.45) is 11.1 Å². The lowest BCUT2D eigenvalue weighted by atomic mass is 10.0. The second kappa shape index (κ2) is 1.72. The Hall–Kier alpha value is -0.120.